The zero-order valence-electron chi connectivity index (χ0n) is 15.2. The Morgan fingerprint density at radius 3 is 2.48 bits per heavy atom. The van der Waals surface area contributed by atoms with Crippen LogP contribution in [0.4, 0.5) is 4.79 Å². The van der Waals surface area contributed by atoms with E-state index in [-0.39, 0.29) is 12.5 Å². The maximum absolute atomic E-state index is 11.7. The number of hydrogen-bond donors (Lipinski definition) is 3. The highest BCUT2D eigenvalue weighted by molar-refractivity contribution is 5.74. The summed E-state index contributed by atoms with van der Waals surface area (Å²) in [5, 5.41) is 13.9. The summed E-state index contributed by atoms with van der Waals surface area (Å²) in [4.78, 5) is 22.1. The first-order valence-corrected chi connectivity index (χ1v) is 8.65. The van der Waals surface area contributed by atoms with Gasteiger partial charge in [-0.1, -0.05) is 36.4 Å². The molecule has 0 saturated heterocycles. The summed E-state index contributed by atoms with van der Waals surface area (Å²) in [5.41, 5.74) is 1.92. The number of carbonyl (C=O) groups excluding carboxylic acids is 1. The monoisotopic (exact) mass is 372 g/mol. The van der Waals surface area contributed by atoms with Crippen molar-refractivity contribution in [1.82, 2.24) is 10.6 Å². The van der Waals surface area contributed by atoms with Crippen molar-refractivity contribution in [2.75, 3.05) is 13.7 Å². The minimum absolute atomic E-state index is 0.0297. The number of carbonyl (C=O) groups is 2. The molecule has 0 heterocycles. The second kappa shape index (κ2) is 10.7. The summed E-state index contributed by atoms with van der Waals surface area (Å²) >= 11 is 0. The summed E-state index contributed by atoms with van der Waals surface area (Å²) in [6.07, 6.45) is 0.423. The molecule has 0 fully saturated rings. The normalized spacial score (nSPS) is 10.1. The fraction of sp³-hybridized carbons (Fsp3) is 0.300. The lowest BCUT2D eigenvalue weighted by Crippen LogP contribution is -2.35. The number of carboxylic acid groups (broad SMARTS) is 1. The minimum Gasteiger partial charge on any atom is -0.493 e. The predicted molar refractivity (Wildman–Crippen MR) is 101 cm³/mol. The number of nitrogens with one attached hydrogen (secondary N) is 2. The topological polar surface area (TPSA) is 96.9 Å². The largest absolute Gasteiger partial charge is 0.493 e. The lowest BCUT2D eigenvalue weighted by Gasteiger charge is -2.13. The highest BCUT2D eigenvalue weighted by Gasteiger charge is 2.08. The van der Waals surface area contributed by atoms with Crippen LogP contribution in [0.3, 0.4) is 0 Å². The van der Waals surface area contributed by atoms with Crippen LogP contribution >= 0.6 is 0 Å². The molecule has 0 aliphatic carbocycles. The standard InChI is InChI=1S/C20H24N2O5/c1-26-18-12-16(13-22-20(25)21-11-5-8-19(23)24)9-10-17(18)27-14-15-6-3-2-4-7-15/h2-4,6-7,9-10,12H,5,8,11,13-14H2,1H3,(H,23,24)(H2,21,22,25). The van der Waals surface area contributed by atoms with E-state index in [9.17, 15) is 9.59 Å². The van der Waals surface area contributed by atoms with Gasteiger partial charge < -0.3 is 25.2 Å². The van der Waals surface area contributed by atoms with Gasteiger partial charge in [0.1, 0.15) is 6.61 Å². The van der Waals surface area contributed by atoms with Crippen molar-refractivity contribution in [3.8, 4) is 11.5 Å². The molecule has 7 nitrogen and oxygen atoms in total. The first kappa shape index (κ1) is 20.1. The van der Waals surface area contributed by atoms with Crippen molar-refractivity contribution in [3.63, 3.8) is 0 Å². The highest BCUT2D eigenvalue weighted by Crippen LogP contribution is 2.28. The summed E-state index contributed by atoms with van der Waals surface area (Å²) in [5.74, 6) is 0.342. The quantitative estimate of drug-likeness (QED) is 0.557. The van der Waals surface area contributed by atoms with Crippen LogP contribution in [0.5, 0.6) is 11.5 Å². The Kier molecular flexibility index (Phi) is 7.96. The number of urea groups is 1. The van der Waals surface area contributed by atoms with Crippen molar-refractivity contribution < 1.29 is 24.2 Å². The molecule has 3 N–H and O–H groups in total. The number of benzene rings is 2. The Balaban J connectivity index is 1.82. The van der Waals surface area contributed by atoms with E-state index in [0.717, 1.165) is 11.1 Å². The van der Waals surface area contributed by atoms with Gasteiger partial charge in [0.05, 0.1) is 7.11 Å². The molecule has 0 radical (unpaired) electrons. The average Bonchev–Trinajstić information content (AvgIpc) is 2.69. The predicted octanol–water partition coefficient (Wildman–Crippen LogP) is 2.94. The minimum atomic E-state index is -0.876. The summed E-state index contributed by atoms with van der Waals surface area (Å²) in [7, 11) is 1.57. The number of ether oxygens (including phenoxy) is 2. The molecule has 0 spiro atoms. The third-order valence-electron chi connectivity index (χ3n) is 3.77. The summed E-state index contributed by atoms with van der Waals surface area (Å²) in [6.45, 7) is 1.07. The van der Waals surface area contributed by atoms with Crippen LogP contribution in [0.2, 0.25) is 0 Å². The van der Waals surface area contributed by atoms with Crippen LogP contribution in [0.15, 0.2) is 48.5 Å². The van der Waals surface area contributed by atoms with Crippen molar-refractivity contribution in [3.05, 3.63) is 59.7 Å². The van der Waals surface area contributed by atoms with E-state index in [1.165, 1.54) is 0 Å². The van der Waals surface area contributed by atoms with Crippen molar-refractivity contribution >= 4 is 12.0 Å². The number of hydrogen-bond acceptors (Lipinski definition) is 4. The molecule has 0 saturated carbocycles. The maximum Gasteiger partial charge on any atom is 0.315 e. The molecular weight excluding hydrogens is 348 g/mol. The van der Waals surface area contributed by atoms with E-state index in [0.29, 0.717) is 37.6 Å². The van der Waals surface area contributed by atoms with Gasteiger partial charge in [-0.15, -0.1) is 0 Å². The first-order valence-electron chi connectivity index (χ1n) is 8.65. The molecule has 7 heteroatoms. The van der Waals surface area contributed by atoms with E-state index in [2.05, 4.69) is 10.6 Å². The lowest BCUT2D eigenvalue weighted by molar-refractivity contribution is -0.137. The summed E-state index contributed by atoms with van der Waals surface area (Å²) in [6, 6.07) is 15.0. The Morgan fingerprint density at radius 1 is 1.00 bits per heavy atom. The third kappa shape index (κ3) is 7.27. The van der Waals surface area contributed by atoms with Crippen LogP contribution in [-0.2, 0) is 17.9 Å². The molecule has 2 rings (SSSR count). The van der Waals surface area contributed by atoms with Gasteiger partial charge in [-0.3, -0.25) is 4.79 Å². The maximum atomic E-state index is 11.7. The average molecular weight is 372 g/mol. The van der Waals surface area contributed by atoms with Gasteiger partial charge in [0.2, 0.25) is 0 Å². The molecule has 2 aromatic rings. The fourth-order valence-corrected chi connectivity index (χ4v) is 2.36. The fourth-order valence-electron chi connectivity index (χ4n) is 2.36. The van der Waals surface area contributed by atoms with Crippen molar-refractivity contribution in [1.29, 1.82) is 0 Å². The van der Waals surface area contributed by atoms with Crippen LogP contribution in [0.25, 0.3) is 0 Å². The molecule has 0 aromatic heterocycles. The first-order chi connectivity index (χ1) is 13.1. The van der Waals surface area contributed by atoms with E-state index >= 15 is 0 Å². The highest BCUT2D eigenvalue weighted by atomic mass is 16.5. The zero-order valence-corrected chi connectivity index (χ0v) is 15.2. The molecule has 2 aromatic carbocycles. The van der Waals surface area contributed by atoms with Crippen LogP contribution < -0.4 is 20.1 Å². The van der Waals surface area contributed by atoms with Crippen molar-refractivity contribution in [2.45, 2.75) is 26.0 Å². The van der Waals surface area contributed by atoms with Gasteiger partial charge in [0, 0.05) is 19.5 Å². The number of amides is 2. The number of methoxy groups -OCH3 is 1. The van der Waals surface area contributed by atoms with Gasteiger partial charge >= 0.3 is 12.0 Å². The Morgan fingerprint density at radius 2 is 1.78 bits per heavy atom. The Bertz CT molecular complexity index is 749. The van der Waals surface area contributed by atoms with Gasteiger partial charge in [0.25, 0.3) is 0 Å². The molecule has 0 unspecified atom stereocenters. The number of aliphatic carboxylic acids is 1. The SMILES string of the molecule is COc1cc(CNC(=O)NCCCC(=O)O)ccc1OCc1ccccc1. The van der Waals surface area contributed by atoms with Gasteiger partial charge in [-0.05, 0) is 29.7 Å². The molecule has 0 bridgehead atoms. The summed E-state index contributed by atoms with van der Waals surface area (Å²) < 4.78 is 11.2. The van der Waals surface area contributed by atoms with E-state index < -0.39 is 5.97 Å². The molecule has 0 aliphatic rings. The number of carboxylic acids is 1. The molecule has 27 heavy (non-hydrogen) atoms. The van der Waals surface area contributed by atoms with E-state index in [1.807, 2.05) is 48.5 Å². The van der Waals surface area contributed by atoms with Gasteiger partial charge in [-0.2, -0.15) is 0 Å². The molecular formula is C20H24N2O5. The molecule has 0 atom stereocenters. The Hall–Kier alpha value is -3.22. The van der Waals surface area contributed by atoms with Crippen molar-refractivity contribution in [2.24, 2.45) is 0 Å². The zero-order chi connectivity index (χ0) is 19.5. The second-order valence-corrected chi connectivity index (χ2v) is 5.87. The van der Waals surface area contributed by atoms with E-state index in [4.69, 9.17) is 14.6 Å². The van der Waals surface area contributed by atoms with Gasteiger partial charge in [0.15, 0.2) is 11.5 Å². The van der Waals surface area contributed by atoms with Gasteiger partial charge in [-0.25, -0.2) is 4.79 Å². The molecule has 144 valence electrons. The van der Waals surface area contributed by atoms with Crippen LogP contribution in [-0.4, -0.2) is 30.8 Å². The smallest absolute Gasteiger partial charge is 0.315 e. The molecule has 0 aliphatic heterocycles. The number of rotatable bonds is 10. The molecule has 2 amide bonds. The van der Waals surface area contributed by atoms with Crippen LogP contribution in [0, 0.1) is 0 Å². The lowest BCUT2D eigenvalue weighted by atomic mass is 10.2. The Labute approximate surface area is 158 Å². The second-order valence-electron chi connectivity index (χ2n) is 5.87. The van der Waals surface area contributed by atoms with E-state index in [1.54, 1.807) is 7.11 Å². The van der Waals surface area contributed by atoms with Crippen LogP contribution in [0.1, 0.15) is 24.0 Å². The third-order valence-corrected chi connectivity index (χ3v) is 3.77.